The summed E-state index contributed by atoms with van der Waals surface area (Å²) in [6.07, 6.45) is 4.30. The zero-order valence-electron chi connectivity index (χ0n) is 11.6. The average molecular weight is 376 g/mol. The number of imide groups is 1. The van der Waals surface area contributed by atoms with E-state index in [1.54, 1.807) is 0 Å². The summed E-state index contributed by atoms with van der Waals surface area (Å²) < 4.78 is 0.925. The van der Waals surface area contributed by atoms with Crippen LogP contribution in [-0.2, 0) is 9.59 Å². The number of rotatable bonds is 1. The number of hydrogen-bond acceptors (Lipinski definition) is 2. The molecule has 0 aromatic carbocycles. The van der Waals surface area contributed by atoms with Crippen molar-refractivity contribution >= 4 is 11.8 Å². The molecule has 4 nitrogen and oxygen atoms in total. The number of nitrogens with zero attached hydrogens (tertiary/aromatic N) is 2. The number of amides is 2. The van der Waals surface area contributed by atoms with Crippen LogP contribution in [-0.4, -0.2) is 54.4 Å². The van der Waals surface area contributed by atoms with Gasteiger partial charge >= 0.3 is 0 Å². The van der Waals surface area contributed by atoms with Crippen LogP contribution in [0, 0.1) is 11.8 Å². The molecule has 1 atom stereocenters. The van der Waals surface area contributed by atoms with Crippen LogP contribution in [0.5, 0.6) is 0 Å². The molecular formula is C14H21IN2O2. The molecule has 0 bridgehead atoms. The normalized spacial score (nSPS) is 25.6. The van der Waals surface area contributed by atoms with E-state index in [9.17, 15) is 9.59 Å². The lowest BCUT2D eigenvalue weighted by molar-refractivity contribution is -0.911. The number of likely N-dealkylation sites (tertiary alicyclic amines) is 2. The SMILES string of the molecule is C[N+]1(C)CCCCC1C#CCN1C(=O)CCC1=O.[I-]. The molecule has 2 amide bonds. The van der Waals surface area contributed by atoms with Crippen LogP contribution in [0.25, 0.3) is 0 Å². The van der Waals surface area contributed by atoms with E-state index < -0.39 is 0 Å². The van der Waals surface area contributed by atoms with Gasteiger partial charge in [-0.2, -0.15) is 0 Å². The zero-order valence-corrected chi connectivity index (χ0v) is 13.8. The maximum Gasteiger partial charge on any atom is 0.230 e. The predicted octanol–water partition coefficient (Wildman–Crippen LogP) is -2.23. The molecule has 0 aromatic rings. The Labute approximate surface area is 132 Å². The highest BCUT2D eigenvalue weighted by molar-refractivity contribution is 6.02. The van der Waals surface area contributed by atoms with Crippen molar-refractivity contribution in [1.29, 1.82) is 0 Å². The summed E-state index contributed by atoms with van der Waals surface area (Å²) in [5, 5.41) is 0. The van der Waals surface area contributed by atoms with Gasteiger partial charge in [-0.05, 0) is 18.8 Å². The van der Waals surface area contributed by atoms with E-state index in [1.165, 1.54) is 17.7 Å². The van der Waals surface area contributed by atoms with Crippen molar-refractivity contribution in [2.45, 2.75) is 38.1 Å². The number of carbonyl (C=O) groups is 2. The Morgan fingerprint density at radius 1 is 1.21 bits per heavy atom. The largest absolute Gasteiger partial charge is 1.00 e. The van der Waals surface area contributed by atoms with Gasteiger partial charge in [-0.15, -0.1) is 0 Å². The van der Waals surface area contributed by atoms with E-state index in [-0.39, 0.29) is 42.3 Å². The van der Waals surface area contributed by atoms with Gasteiger partial charge in [0.15, 0.2) is 6.04 Å². The lowest BCUT2D eigenvalue weighted by atomic mass is 10.0. The van der Waals surface area contributed by atoms with Crippen LogP contribution < -0.4 is 24.0 Å². The molecule has 2 aliphatic heterocycles. The first-order valence-electron chi connectivity index (χ1n) is 6.65. The average Bonchev–Trinajstić information content (AvgIpc) is 2.62. The van der Waals surface area contributed by atoms with Crippen LogP contribution in [0.15, 0.2) is 0 Å². The minimum atomic E-state index is -0.0771. The Bertz CT molecular complexity index is 407. The fourth-order valence-corrected chi connectivity index (χ4v) is 2.65. The molecule has 0 spiro atoms. The third-order valence-electron chi connectivity index (χ3n) is 3.97. The van der Waals surface area contributed by atoms with Crippen molar-refractivity contribution < 1.29 is 38.0 Å². The summed E-state index contributed by atoms with van der Waals surface area (Å²) >= 11 is 0. The van der Waals surface area contributed by atoms with Crippen LogP contribution >= 0.6 is 0 Å². The van der Waals surface area contributed by atoms with Gasteiger partial charge in [-0.25, -0.2) is 0 Å². The van der Waals surface area contributed by atoms with E-state index in [2.05, 4.69) is 25.9 Å². The maximum absolute atomic E-state index is 11.4. The molecule has 1 unspecified atom stereocenters. The minimum Gasteiger partial charge on any atom is -1.00 e. The topological polar surface area (TPSA) is 37.4 Å². The number of hydrogen-bond donors (Lipinski definition) is 0. The second kappa shape index (κ2) is 6.71. The Kier molecular flexibility index (Phi) is 5.81. The van der Waals surface area contributed by atoms with Crippen molar-refractivity contribution in [3.8, 4) is 11.8 Å². The number of halogens is 1. The highest BCUT2D eigenvalue weighted by Gasteiger charge is 2.30. The molecule has 0 saturated carbocycles. The first-order chi connectivity index (χ1) is 8.50. The van der Waals surface area contributed by atoms with Gasteiger partial charge in [-0.3, -0.25) is 14.5 Å². The van der Waals surface area contributed by atoms with Crippen molar-refractivity contribution in [3.05, 3.63) is 0 Å². The molecular weight excluding hydrogens is 355 g/mol. The monoisotopic (exact) mass is 376 g/mol. The highest BCUT2D eigenvalue weighted by atomic mass is 127. The van der Waals surface area contributed by atoms with Gasteiger partial charge in [0.05, 0.1) is 27.2 Å². The van der Waals surface area contributed by atoms with Crippen molar-refractivity contribution in [2.75, 3.05) is 27.2 Å². The molecule has 0 aromatic heterocycles. The van der Waals surface area contributed by atoms with E-state index in [1.807, 2.05) is 0 Å². The summed E-state index contributed by atoms with van der Waals surface area (Å²) in [5.74, 6) is 6.13. The second-order valence-electron chi connectivity index (χ2n) is 5.71. The molecule has 2 heterocycles. The van der Waals surface area contributed by atoms with Gasteiger partial charge in [0.25, 0.3) is 0 Å². The third-order valence-corrected chi connectivity index (χ3v) is 3.97. The molecule has 2 fully saturated rings. The predicted molar refractivity (Wildman–Crippen MR) is 68.3 cm³/mol. The summed E-state index contributed by atoms with van der Waals surface area (Å²) in [6.45, 7) is 1.43. The molecule has 2 aliphatic rings. The van der Waals surface area contributed by atoms with Gasteiger partial charge in [-0.1, -0.05) is 5.92 Å². The standard InChI is InChI=1S/C14H21N2O2.HI/c1-16(2)11-4-3-6-12(16)7-5-10-15-13(17)8-9-14(15)18;/h12H,3-4,6,8-11H2,1-2H3;1H/q+1;/p-1. The molecule has 5 heteroatoms. The minimum absolute atomic E-state index is 0. The molecule has 0 aliphatic carbocycles. The Morgan fingerprint density at radius 3 is 2.42 bits per heavy atom. The Balaban J connectivity index is 0.00000180. The van der Waals surface area contributed by atoms with E-state index in [0.717, 1.165) is 17.4 Å². The van der Waals surface area contributed by atoms with Crippen LogP contribution in [0.3, 0.4) is 0 Å². The number of piperidine rings is 1. The molecule has 0 radical (unpaired) electrons. The number of quaternary nitrogens is 1. The fourth-order valence-electron chi connectivity index (χ4n) is 2.65. The van der Waals surface area contributed by atoms with Crippen molar-refractivity contribution in [1.82, 2.24) is 4.90 Å². The third kappa shape index (κ3) is 3.93. The van der Waals surface area contributed by atoms with Gasteiger partial charge < -0.3 is 28.5 Å². The molecule has 2 rings (SSSR count). The highest BCUT2D eigenvalue weighted by Crippen LogP contribution is 2.20. The van der Waals surface area contributed by atoms with E-state index >= 15 is 0 Å². The Hall–Kier alpha value is -0.610. The quantitative estimate of drug-likeness (QED) is 0.225. The molecule has 19 heavy (non-hydrogen) atoms. The van der Waals surface area contributed by atoms with Gasteiger partial charge in [0.2, 0.25) is 11.8 Å². The Morgan fingerprint density at radius 2 is 1.84 bits per heavy atom. The first-order valence-corrected chi connectivity index (χ1v) is 6.65. The maximum atomic E-state index is 11.4. The van der Waals surface area contributed by atoms with Crippen LogP contribution in [0.1, 0.15) is 32.1 Å². The van der Waals surface area contributed by atoms with E-state index in [0.29, 0.717) is 18.9 Å². The van der Waals surface area contributed by atoms with Gasteiger partial charge in [0, 0.05) is 19.3 Å². The van der Waals surface area contributed by atoms with Crippen molar-refractivity contribution in [2.24, 2.45) is 0 Å². The van der Waals surface area contributed by atoms with E-state index in [4.69, 9.17) is 0 Å². The zero-order chi connectivity index (χ0) is 13.2. The van der Waals surface area contributed by atoms with Gasteiger partial charge in [0.1, 0.15) is 0 Å². The van der Waals surface area contributed by atoms with Crippen LogP contribution in [0.2, 0.25) is 0 Å². The molecule has 0 N–H and O–H groups in total. The number of carbonyl (C=O) groups excluding carboxylic acids is 2. The molecule has 2 saturated heterocycles. The van der Waals surface area contributed by atoms with Crippen LogP contribution in [0.4, 0.5) is 0 Å². The summed E-state index contributed by atoms with van der Waals surface area (Å²) in [7, 11) is 4.40. The summed E-state index contributed by atoms with van der Waals surface area (Å²) in [6, 6.07) is 0.339. The fraction of sp³-hybridized carbons (Fsp3) is 0.714. The smallest absolute Gasteiger partial charge is 0.230 e. The summed E-state index contributed by atoms with van der Waals surface area (Å²) in [5.41, 5.74) is 0. The lowest BCUT2D eigenvalue weighted by Gasteiger charge is -2.38. The summed E-state index contributed by atoms with van der Waals surface area (Å²) in [4.78, 5) is 24.1. The second-order valence-corrected chi connectivity index (χ2v) is 5.71. The molecule has 106 valence electrons. The van der Waals surface area contributed by atoms with Crippen molar-refractivity contribution in [3.63, 3.8) is 0 Å². The lowest BCUT2D eigenvalue weighted by Crippen LogP contribution is -3.00. The first kappa shape index (κ1) is 16.4.